The minimum atomic E-state index is -1.72. The summed E-state index contributed by atoms with van der Waals surface area (Å²) in [4.78, 5) is 11.3. The first-order valence-corrected chi connectivity index (χ1v) is 12.3. The van der Waals surface area contributed by atoms with E-state index in [1.807, 2.05) is 55.4 Å². The Hall–Kier alpha value is -3.40. The lowest BCUT2D eigenvalue weighted by Crippen LogP contribution is -2.28. The molecule has 2 atom stereocenters. The molecule has 1 aliphatic heterocycles. The Bertz CT molecular complexity index is 1310. The summed E-state index contributed by atoms with van der Waals surface area (Å²) in [5.41, 5.74) is 5.82. The molecule has 2 heterocycles. The first kappa shape index (κ1) is 26.7. The molecule has 3 aromatic rings. The second kappa shape index (κ2) is 10.9. The van der Waals surface area contributed by atoms with Gasteiger partial charge in [0.2, 0.25) is 0 Å². The molecule has 9 heteroatoms. The van der Waals surface area contributed by atoms with Gasteiger partial charge in [-0.3, -0.25) is 9.80 Å². The molecule has 0 saturated heterocycles. The minimum absolute atomic E-state index is 0.0451. The van der Waals surface area contributed by atoms with Crippen LogP contribution in [0, 0.1) is 6.92 Å². The van der Waals surface area contributed by atoms with Crippen molar-refractivity contribution in [3.05, 3.63) is 64.3 Å². The van der Waals surface area contributed by atoms with Crippen molar-refractivity contribution in [1.82, 2.24) is 9.58 Å². The van der Waals surface area contributed by atoms with Crippen LogP contribution in [0.2, 0.25) is 0 Å². The Morgan fingerprint density at radius 2 is 1.81 bits per heavy atom. The average Bonchev–Trinajstić information content (AvgIpc) is 3.30. The van der Waals surface area contributed by atoms with E-state index in [1.165, 1.54) is 0 Å². The van der Waals surface area contributed by atoms with Crippen LogP contribution >= 0.6 is 0 Å². The summed E-state index contributed by atoms with van der Waals surface area (Å²) >= 11 is 0. The van der Waals surface area contributed by atoms with E-state index in [1.54, 1.807) is 18.7 Å². The highest BCUT2D eigenvalue weighted by molar-refractivity contribution is 6.00. The predicted molar refractivity (Wildman–Crippen MR) is 141 cm³/mol. The molecule has 1 unspecified atom stereocenters. The fraction of sp³-hybridized carbons (Fsp3) is 0.429. The number of aliphatic hydroxyl groups is 2. The molecular weight excluding hydrogens is 474 g/mol. The van der Waals surface area contributed by atoms with Crippen molar-refractivity contribution in [2.75, 3.05) is 20.8 Å². The van der Waals surface area contributed by atoms with Crippen molar-refractivity contribution >= 4 is 22.6 Å². The van der Waals surface area contributed by atoms with Gasteiger partial charge in [0.15, 0.2) is 6.29 Å². The number of rotatable bonds is 10. The van der Waals surface area contributed by atoms with Crippen LogP contribution in [0.4, 0.5) is 0 Å². The summed E-state index contributed by atoms with van der Waals surface area (Å²) in [5, 5.41) is 37.3. The SMILES string of the molecule is COc1ccc(COCC2=NN(C)C(C)[C@@H]2c2c(C)ccc3c(CCC(=O)O)c(C(O)O)n(C)c23)cc1. The lowest BCUT2D eigenvalue weighted by molar-refractivity contribution is -0.137. The minimum Gasteiger partial charge on any atom is -0.497 e. The van der Waals surface area contributed by atoms with E-state index in [0.717, 1.165) is 39.1 Å². The highest BCUT2D eigenvalue weighted by Crippen LogP contribution is 2.40. The normalized spacial score (nSPS) is 17.6. The molecule has 37 heavy (non-hydrogen) atoms. The van der Waals surface area contributed by atoms with E-state index < -0.39 is 12.3 Å². The van der Waals surface area contributed by atoms with Gasteiger partial charge in [-0.25, -0.2) is 0 Å². The molecule has 0 spiro atoms. The Morgan fingerprint density at radius 3 is 2.43 bits per heavy atom. The van der Waals surface area contributed by atoms with Gasteiger partial charge in [0.25, 0.3) is 0 Å². The Morgan fingerprint density at radius 1 is 1.11 bits per heavy atom. The number of carbonyl (C=O) groups is 1. The maximum atomic E-state index is 11.3. The van der Waals surface area contributed by atoms with Gasteiger partial charge in [0, 0.05) is 25.9 Å². The van der Waals surface area contributed by atoms with E-state index in [0.29, 0.717) is 24.5 Å². The number of benzene rings is 2. The molecule has 198 valence electrons. The average molecular weight is 510 g/mol. The maximum absolute atomic E-state index is 11.3. The molecule has 0 bridgehead atoms. The number of hydrogen-bond donors (Lipinski definition) is 3. The molecule has 1 aliphatic rings. The summed E-state index contributed by atoms with van der Waals surface area (Å²) in [5.74, 6) is -0.230. The van der Waals surface area contributed by atoms with Gasteiger partial charge in [-0.05, 0) is 54.7 Å². The van der Waals surface area contributed by atoms with Crippen LogP contribution in [0.15, 0.2) is 41.5 Å². The smallest absolute Gasteiger partial charge is 0.303 e. The number of aliphatic hydroxyl groups excluding tert-OH is 1. The Balaban J connectivity index is 1.71. The molecule has 3 N–H and O–H groups in total. The first-order chi connectivity index (χ1) is 17.6. The van der Waals surface area contributed by atoms with Gasteiger partial charge in [-0.1, -0.05) is 24.3 Å². The van der Waals surface area contributed by atoms with E-state index in [2.05, 4.69) is 6.92 Å². The number of hydrazone groups is 1. The third-order valence-corrected chi connectivity index (χ3v) is 7.31. The van der Waals surface area contributed by atoms with E-state index in [4.69, 9.17) is 14.6 Å². The van der Waals surface area contributed by atoms with Crippen LogP contribution in [-0.2, 0) is 29.6 Å². The second-order valence-corrected chi connectivity index (χ2v) is 9.61. The standard InChI is InChI=1S/C28H35N3O6/c1-16-6-11-20-21(12-13-23(32)33)27(28(34)35)30(3)26(20)24(16)25-17(2)31(4)29-22(25)15-37-14-18-7-9-19(36-5)10-8-18/h6-11,17,25,28,34-35H,12-15H2,1-5H3,(H,32,33)/t17?,25-/m0/s1. The van der Waals surface area contributed by atoms with E-state index in [-0.39, 0.29) is 24.8 Å². The third kappa shape index (κ3) is 5.20. The zero-order valence-corrected chi connectivity index (χ0v) is 21.9. The molecule has 0 saturated carbocycles. The molecular formula is C28H35N3O6. The fourth-order valence-electron chi connectivity index (χ4n) is 5.36. The van der Waals surface area contributed by atoms with Crippen LogP contribution in [0.5, 0.6) is 5.75 Å². The number of hydrogen-bond acceptors (Lipinski definition) is 7. The van der Waals surface area contributed by atoms with Crippen molar-refractivity contribution in [2.45, 2.75) is 51.5 Å². The van der Waals surface area contributed by atoms with Gasteiger partial charge in [0.1, 0.15) is 5.75 Å². The number of aromatic nitrogens is 1. The van der Waals surface area contributed by atoms with Gasteiger partial charge >= 0.3 is 5.97 Å². The Kier molecular flexibility index (Phi) is 7.87. The second-order valence-electron chi connectivity index (χ2n) is 9.61. The molecule has 2 aromatic carbocycles. The first-order valence-electron chi connectivity index (χ1n) is 12.3. The predicted octanol–water partition coefficient (Wildman–Crippen LogP) is 3.49. The van der Waals surface area contributed by atoms with E-state index in [9.17, 15) is 20.1 Å². The lowest BCUT2D eigenvalue weighted by atomic mass is 9.84. The van der Waals surface area contributed by atoms with Gasteiger partial charge in [-0.15, -0.1) is 0 Å². The highest BCUT2D eigenvalue weighted by atomic mass is 16.5. The molecule has 9 nitrogen and oxygen atoms in total. The van der Waals surface area contributed by atoms with Crippen LogP contribution in [-0.4, -0.2) is 63.4 Å². The maximum Gasteiger partial charge on any atom is 0.303 e. The number of ether oxygens (including phenoxy) is 2. The summed E-state index contributed by atoms with van der Waals surface area (Å²) in [7, 11) is 5.37. The summed E-state index contributed by atoms with van der Waals surface area (Å²) in [6.45, 7) is 4.92. The largest absolute Gasteiger partial charge is 0.497 e. The number of fused-ring (bicyclic) bond motifs is 1. The number of aryl methyl sites for hydroxylation is 3. The summed E-state index contributed by atoms with van der Waals surface area (Å²) in [6, 6.07) is 11.7. The number of carboxylic acid groups (broad SMARTS) is 1. The van der Waals surface area contributed by atoms with Crippen LogP contribution in [0.25, 0.3) is 10.9 Å². The number of carboxylic acids is 1. The zero-order valence-electron chi connectivity index (χ0n) is 21.9. The molecule has 0 radical (unpaired) electrons. The van der Waals surface area contributed by atoms with Crippen LogP contribution < -0.4 is 4.74 Å². The number of methoxy groups -OCH3 is 1. The zero-order chi connectivity index (χ0) is 26.9. The topological polar surface area (TPSA) is 117 Å². The summed E-state index contributed by atoms with van der Waals surface area (Å²) in [6.07, 6.45) is -1.62. The van der Waals surface area contributed by atoms with Crippen molar-refractivity contribution in [3.8, 4) is 5.75 Å². The molecule has 0 fully saturated rings. The van der Waals surface area contributed by atoms with E-state index >= 15 is 0 Å². The Labute approximate surface area is 216 Å². The lowest BCUT2D eigenvalue weighted by Gasteiger charge is -2.25. The number of aliphatic carboxylic acids is 1. The van der Waals surface area contributed by atoms with Crippen molar-refractivity contribution in [2.24, 2.45) is 12.1 Å². The molecule has 4 rings (SSSR count). The van der Waals surface area contributed by atoms with Crippen molar-refractivity contribution in [3.63, 3.8) is 0 Å². The van der Waals surface area contributed by atoms with Gasteiger partial charge in [0.05, 0.1) is 49.2 Å². The van der Waals surface area contributed by atoms with Gasteiger partial charge < -0.3 is 29.4 Å². The number of likely N-dealkylation sites (N-methyl/N-ethyl adjacent to an activating group) is 1. The van der Waals surface area contributed by atoms with Crippen molar-refractivity contribution in [1.29, 1.82) is 0 Å². The fourth-order valence-corrected chi connectivity index (χ4v) is 5.36. The monoisotopic (exact) mass is 509 g/mol. The molecule has 0 aliphatic carbocycles. The number of nitrogens with zero attached hydrogens (tertiary/aromatic N) is 3. The van der Waals surface area contributed by atoms with Gasteiger partial charge in [-0.2, -0.15) is 5.10 Å². The van der Waals surface area contributed by atoms with Crippen LogP contribution in [0.3, 0.4) is 0 Å². The molecule has 1 aromatic heterocycles. The summed E-state index contributed by atoms with van der Waals surface area (Å²) < 4.78 is 13.1. The highest BCUT2D eigenvalue weighted by Gasteiger charge is 2.37. The molecule has 0 amide bonds. The van der Waals surface area contributed by atoms with Crippen molar-refractivity contribution < 1.29 is 29.6 Å². The quantitative estimate of drug-likeness (QED) is 0.358. The third-order valence-electron chi connectivity index (χ3n) is 7.31. The van der Waals surface area contributed by atoms with Crippen LogP contribution in [0.1, 0.15) is 53.5 Å².